The second kappa shape index (κ2) is 8.54. The van der Waals surface area contributed by atoms with Crippen molar-refractivity contribution in [2.45, 2.75) is 27.3 Å². The van der Waals surface area contributed by atoms with Crippen molar-refractivity contribution in [1.29, 1.82) is 0 Å². The van der Waals surface area contributed by atoms with E-state index in [1.165, 1.54) is 4.88 Å². The van der Waals surface area contributed by atoms with Crippen molar-refractivity contribution in [3.05, 3.63) is 33.8 Å². The molecule has 130 valence electrons. The third kappa shape index (κ3) is 4.61. The van der Waals surface area contributed by atoms with Crippen LogP contribution in [0.1, 0.15) is 22.5 Å². The number of benzene rings is 1. The van der Waals surface area contributed by atoms with Gasteiger partial charge in [0.15, 0.2) is 17.5 Å². The Bertz CT molecular complexity index is 693. The molecule has 0 aliphatic heterocycles. The monoisotopic (exact) mass is 348 g/mol. The van der Waals surface area contributed by atoms with Gasteiger partial charge >= 0.3 is 0 Å². The Morgan fingerprint density at radius 2 is 2.08 bits per heavy atom. The number of aromatic nitrogens is 1. The zero-order chi connectivity index (χ0) is 17.5. The maximum Gasteiger partial charge on any atom is 0.195 e. The number of methoxy groups -OCH3 is 1. The predicted molar refractivity (Wildman–Crippen MR) is 99.6 cm³/mol. The van der Waals surface area contributed by atoms with Crippen molar-refractivity contribution in [2.75, 3.05) is 26.1 Å². The van der Waals surface area contributed by atoms with E-state index < -0.39 is 0 Å². The van der Waals surface area contributed by atoms with E-state index in [1.54, 1.807) is 25.5 Å². The van der Waals surface area contributed by atoms with Crippen LogP contribution in [0.4, 0.5) is 5.69 Å². The molecule has 0 fully saturated rings. The summed E-state index contributed by atoms with van der Waals surface area (Å²) in [6.07, 6.45) is 0. The molecule has 1 aromatic heterocycles. The fourth-order valence-corrected chi connectivity index (χ4v) is 2.99. The zero-order valence-electron chi connectivity index (χ0n) is 14.8. The van der Waals surface area contributed by atoms with Gasteiger partial charge in [-0.25, -0.2) is 4.98 Å². The first-order chi connectivity index (χ1) is 11.6. The highest BCUT2D eigenvalue weighted by Gasteiger charge is 2.08. The van der Waals surface area contributed by atoms with E-state index >= 15 is 0 Å². The van der Waals surface area contributed by atoms with Crippen molar-refractivity contribution in [3.63, 3.8) is 0 Å². The third-order valence-electron chi connectivity index (χ3n) is 3.43. The fourth-order valence-electron chi connectivity index (χ4n) is 2.11. The summed E-state index contributed by atoms with van der Waals surface area (Å²) in [6, 6.07) is 5.69. The molecule has 2 aromatic rings. The Hall–Kier alpha value is -2.28. The Balaban J connectivity index is 2.03. The molecule has 0 aliphatic rings. The van der Waals surface area contributed by atoms with Gasteiger partial charge in [-0.05, 0) is 32.9 Å². The lowest BCUT2D eigenvalue weighted by Gasteiger charge is -2.14. The van der Waals surface area contributed by atoms with Gasteiger partial charge in [0.25, 0.3) is 0 Å². The highest BCUT2D eigenvalue weighted by molar-refractivity contribution is 7.11. The smallest absolute Gasteiger partial charge is 0.195 e. The highest BCUT2D eigenvalue weighted by atomic mass is 32.1. The Morgan fingerprint density at radius 3 is 2.67 bits per heavy atom. The Kier molecular flexibility index (Phi) is 6.43. The number of aryl methyl sites for hydroxylation is 2. The molecule has 0 bridgehead atoms. The van der Waals surface area contributed by atoms with Crippen molar-refractivity contribution in [3.8, 4) is 11.5 Å². The second-order valence-electron chi connectivity index (χ2n) is 5.10. The van der Waals surface area contributed by atoms with Crippen LogP contribution in [0, 0.1) is 13.8 Å². The average molecular weight is 348 g/mol. The average Bonchev–Trinajstić information content (AvgIpc) is 2.90. The first kappa shape index (κ1) is 18.1. The second-order valence-corrected chi connectivity index (χ2v) is 6.39. The van der Waals surface area contributed by atoms with Crippen molar-refractivity contribution >= 4 is 23.0 Å². The number of ether oxygens (including phenoxy) is 2. The van der Waals surface area contributed by atoms with Crippen molar-refractivity contribution in [2.24, 2.45) is 4.99 Å². The number of nitrogens with one attached hydrogen (secondary N) is 2. The molecule has 2 N–H and O–H groups in total. The van der Waals surface area contributed by atoms with Crippen LogP contribution in [0.2, 0.25) is 0 Å². The quantitative estimate of drug-likeness (QED) is 0.619. The summed E-state index contributed by atoms with van der Waals surface area (Å²) in [5.74, 6) is 2.08. The topological polar surface area (TPSA) is 67.8 Å². The Labute approximate surface area is 146 Å². The summed E-state index contributed by atoms with van der Waals surface area (Å²) in [5.41, 5.74) is 1.95. The lowest BCUT2D eigenvalue weighted by Crippen LogP contribution is -2.30. The number of aliphatic imine (C=N–C) groups is 1. The molecule has 0 saturated heterocycles. The van der Waals surface area contributed by atoms with Gasteiger partial charge in [0.05, 0.1) is 26.0 Å². The van der Waals surface area contributed by atoms with Gasteiger partial charge in [0, 0.05) is 23.7 Å². The minimum Gasteiger partial charge on any atom is -0.493 e. The lowest BCUT2D eigenvalue weighted by atomic mass is 10.2. The van der Waals surface area contributed by atoms with Crippen molar-refractivity contribution < 1.29 is 9.47 Å². The fraction of sp³-hybridized carbons (Fsp3) is 0.412. The summed E-state index contributed by atoms with van der Waals surface area (Å²) in [4.78, 5) is 10.0. The number of anilines is 1. The molecule has 24 heavy (non-hydrogen) atoms. The summed E-state index contributed by atoms with van der Waals surface area (Å²) in [5, 5.41) is 7.56. The molecule has 7 heteroatoms. The number of guanidine groups is 1. The van der Waals surface area contributed by atoms with Crippen LogP contribution in [-0.4, -0.2) is 31.7 Å². The van der Waals surface area contributed by atoms with Crippen LogP contribution < -0.4 is 20.1 Å². The van der Waals surface area contributed by atoms with Gasteiger partial charge in [-0.15, -0.1) is 11.3 Å². The zero-order valence-corrected chi connectivity index (χ0v) is 15.6. The molecule has 6 nitrogen and oxygen atoms in total. The van der Waals surface area contributed by atoms with E-state index in [-0.39, 0.29) is 0 Å². The van der Waals surface area contributed by atoms with Crippen LogP contribution in [-0.2, 0) is 6.54 Å². The Morgan fingerprint density at radius 1 is 1.29 bits per heavy atom. The van der Waals surface area contributed by atoms with Crippen LogP contribution in [0.25, 0.3) is 0 Å². The molecule has 1 aromatic carbocycles. The van der Waals surface area contributed by atoms with E-state index in [2.05, 4.69) is 27.5 Å². The van der Waals surface area contributed by atoms with Gasteiger partial charge < -0.3 is 20.1 Å². The SMILES string of the molecule is CCOc1cc(NC(=NC)NCc2nc(C)c(C)s2)ccc1OC. The highest BCUT2D eigenvalue weighted by Crippen LogP contribution is 2.30. The molecule has 1 heterocycles. The molecule has 0 spiro atoms. The number of hydrogen-bond acceptors (Lipinski definition) is 5. The van der Waals surface area contributed by atoms with Gasteiger partial charge in [0.2, 0.25) is 0 Å². The molecule has 0 atom stereocenters. The van der Waals surface area contributed by atoms with Gasteiger partial charge in [0.1, 0.15) is 5.01 Å². The van der Waals surface area contributed by atoms with Gasteiger partial charge in [-0.2, -0.15) is 0 Å². The van der Waals surface area contributed by atoms with Gasteiger partial charge in [-0.3, -0.25) is 4.99 Å². The maximum absolute atomic E-state index is 5.60. The normalized spacial score (nSPS) is 11.3. The van der Waals surface area contributed by atoms with E-state index in [0.29, 0.717) is 30.6 Å². The summed E-state index contributed by atoms with van der Waals surface area (Å²) in [7, 11) is 3.37. The standard InChI is InChI=1S/C17H24N4O2S/c1-6-23-15-9-13(7-8-14(15)22-5)21-17(18-4)19-10-16-20-11(2)12(3)24-16/h7-9H,6,10H2,1-5H3,(H2,18,19,21). The van der Waals surface area contributed by atoms with E-state index in [0.717, 1.165) is 16.4 Å². The molecule has 0 radical (unpaired) electrons. The van der Waals surface area contributed by atoms with Crippen LogP contribution in [0.5, 0.6) is 11.5 Å². The minimum atomic E-state index is 0.579. The van der Waals surface area contributed by atoms with Crippen LogP contribution in [0.3, 0.4) is 0 Å². The molecule has 0 aliphatic carbocycles. The molecule has 0 unspecified atom stereocenters. The number of rotatable bonds is 6. The van der Waals surface area contributed by atoms with E-state index in [9.17, 15) is 0 Å². The predicted octanol–water partition coefficient (Wildman–Crippen LogP) is 3.35. The third-order valence-corrected chi connectivity index (χ3v) is 4.50. The number of nitrogens with zero attached hydrogens (tertiary/aromatic N) is 2. The summed E-state index contributed by atoms with van der Waals surface area (Å²) in [6.45, 7) is 7.26. The molecular formula is C17H24N4O2S. The molecule has 2 rings (SSSR count). The van der Waals surface area contributed by atoms with Crippen LogP contribution in [0.15, 0.2) is 23.2 Å². The van der Waals surface area contributed by atoms with Crippen LogP contribution >= 0.6 is 11.3 Å². The number of hydrogen-bond donors (Lipinski definition) is 2. The molecular weight excluding hydrogens is 324 g/mol. The molecule has 0 saturated carbocycles. The largest absolute Gasteiger partial charge is 0.493 e. The maximum atomic E-state index is 5.60. The summed E-state index contributed by atoms with van der Waals surface area (Å²) < 4.78 is 10.9. The first-order valence-corrected chi connectivity index (χ1v) is 8.60. The minimum absolute atomic E-state index is 0.579. The lowest BCUT2D eigenvalue weighted by molar-refractivity contribution is 0.311. The summed E-state index contributed by atoms with van der Waals surface area (Å²) >= 11 is 1.69. The van der Waals surface area contributed by atoms with E-state index in [1.807, 2.05) is 32.0 Å². The number of thiazole rings is 1. The van der Waals surface area contributed by atoms with Crippen molar-refractivity contribution in [1.82, 2.24) is 10.3 Å². The first-order valence-electron chi connectivity index (χ1n) is 7.78. The molecule has 0 amide bonds. The van der Waals surface area contributed by atoms with Gasteiger partial charge in [-0.1, -0.05) is 0 Å². The van der Waals surface area contributed by atoms with E-state index in [4.69, 9.17) is 9.47 Å².